The number of benzene rings is 1. The monoisotopic (exact) mass is 306 g/mol. The molecule has 0 radical (unpaired) electrons. The van der Waals surface area contributed by atoms with Gasteiger partial charge in [0, 0.05) is 24.9 Å². The van der Waals surface area contributed by atoms with Crippen molar-refractivity contribution in [2.75, 3.05) is 13.2 Å². The van der Waals surface area contributed by atoms with Gasteiger partial charge >= 0.3 is 0 Å². The van der Waals surface area contributed by atoms with Gasteiger partial charge in [-0.15, -0.1) is 0 Å². The zero-order valence-electron chi connectivity index (χ0n) is 12.2. The van der Waals surface area contributed by atoms with Crippen LogP contribution >= 0.6 is 11.6 Å². The van der Waals surface area contributed by atoms with Gasteiger partial charge in [0.15, 0.2) is 0 Å². The highest BCUT2D eigenvalue weighted by molar-refractivity contribution is 6.31. The molecule has 0 aliphatic rings. The van der Waals surface area contributed by atoms with Crippen molar-refractivity contribution in [2.45, 2.75) is 20.4 Å². The molecule has 0 unspecified atom stereocenters. The number of pyridine rings is 1. The second-order valence-electron chi connectivity index (χ2n) is 4.40. The summed E-state index contributed by atoms with van der Waals surface area (Å²) in [5.74, 6) is 1.97. The van der Waals surface area contributed by atoms with E-state index in [1.54, 1.807) is 6.20 Å². The molecule has 0 aliphatic carbocycles. The molecule has 0 bridgehead atoms. The van der Waals surface area contributed by atoms with Crippen LogP contribution in [0.1, 0.15) is 19.4 Å². The van der Waals surface area contributed by atoms with E-state index in [9.17, 15) is 0 Å². The minimum Gasteiger partial charge on any atom is -0.494 e. The van der Waals surface area contributed by atoms with E-state index in [1.165, 1.54) is 0 Å². The Labute approximate surface area is 130 Å². The molecule has 0 saturated carbocycles. The van der Waals surface area contributed by atoms with Crippen molar-refractivity contribution in [1.82, 2.24) is 10.3 Å². The third-order valence-electron chi connectivity index (χ3n) is 2.81. The molecule has 1 heterocycles. The quantitative estimate of drug-likeness (QED) is 0.838. The van der Waals surface area contributed by atoms with E-state index in [4.69, 9.17) is 21.1 Å². The fraction of sp³-hybridized carbons (Fsp3) is 0.312. The highest BCUT2D eigenvalue weighted by Crippen LogP contribution is 2.26. The lowest BCUT2D eigenvalue weighted by Gasteiger charge is -2.10. The Morgan fingerprint density at radius 2 is 2.00 bits per heavy atom. The average molecular weight is 307 g/mol. The van der Waals surface area contributed by atoms with Crippen LogP contribution in [0.15, 0.2) is 36.5 Å². The number of rotatable bonds is 7. The Morgan fingerprint density at radius 3 is 2.76 bits per heavy atom. The maximum Gasteiger partial charge on any atom is 0.219 e. The van der Waals surface area contributed by atoms with Gasteiger partial charge in [-0.05, 0) is 31.2 Å². The first-order valence-corrected chi connectivity index (χ1v) is 7.36. The average Bonchev–Trinajstić information content (AvgIpc) is 2.48. The van der Waals surface area contributed by atoms with Crippen molar-refractivity contribution in [3.05, 3.63) is 47.1 Å². The minimum atomic E-state index is 0.515. The first-order valence-electron chi connectivity index (χ1n) is 6.98. The lowest BCUT2D eigenvalue weighted by Crippen LogP contribution is -2.12. The van der Waals surface area contributed by atoms with Gasteiger partial charge < -0.3 is 14.8 Å². The highest BCUT2D eigenvalue weighted by atomic mass is 35.5. The molecule has 5 heteroatoms. The van der Waals surface area contributed by atoms with E-state index in [0.29, 0.717) is 29.8 Å². The Morgan fingerprint density at radius 1 is 1.19 bits per heavy atom. The largest absolute Gasteiger partial charge is 0.494 e. The minimum absolute atomic E-state index is 0.515. The number of hydrogen-bond acceptors (Lipinski definition) is 4. The molecule has 0 fully saturated rings. The van der Waals surface area contributed by atoms with Crippen molar-refractivity contribution in [2.24, 2.45) is 0 Å². The van der Waals surface area contributed by atoms with Crippen molar-refractivity contribution in [3.63, 3.8) is 0 Å². The lowest BCUT2D eigenvalue weighted by molar-refractivity contribution is 0.338. The summed E-state index contributed by atoms with van der Waals surface area (Å²) in [6.45, 7) is 6.18. The topological polar surface area (TPSA) is 43.4 Å². The molecule has 0 saturated heterocycles. The summed E-state index contributed by atoms with van der Waals surface area (Å²) >= 11 is 6.12. The summed E-state index contributed by atoms with van der Waals surface area (Å²) in [4.78, 5) is 4.20. The molecule has 112 valence electrons. The molecule has 1 aromatic heterocycles. The predicted molar refractivity (Wildman–Crippen MR) is 84.3 cm³/mol. The number of aromatic nitrogens is 1. The summed E-state index contributed by atoms with van der Waals surface area (Å²) in [5.41, 5.74) is 0.962. The van der Waals surface area contributed by atoms with Gasteiger partial charge in [0.25, 0.3) is 0 Å². The van der Waals surface area contributed by atoms with Crippen molar-refractivity contribution in [1.29, 1.82) is 0 Å². The third-order valence-corrected chi connectivity index (χ3v) is 3.15. The fourth-order valence-corrected chi connectivity index (χ4v) is 1.99. The second kappa shape index (κ2) is 7.86. The van der Waals surface area contributed by atoms with E-state index < -0.39 is 0 Å². The third kappa shape index (κ3) is 4.62. The van der Waals surface area contributed by atoms with Crippen molar-refractivity contribution < 1.29 is 9.47 Å². The molecule has 0 atom stereocenters. The van der Waals surface area contributed by atoms with Gasteiger partial charge in [0.1, 0.15) is 11.5 Å². The normalized spacial score (nSPS) is 10.4. The maximum absolute atomic E-state index is 6.12. The van der Waals surface area contributed by atoms with Crippen LogP contribution in [-0.4, -0.2) is 18.1 Å². The van der Waals surface area contributed by atoms with Gasteiger partial charge in [-0.2, -0.15) is 0 Å². The maximum atomic E-state index is 6.12. The zero-order valence-corrected chi connectivity index (χ0v) is 13.0. The second-order valence-corrected chi connectivity index (χ2v) is 4.81. The number of halogens is 1. The molecule has 0 amide bonds. The van der Waals surface area contributed by atoms with Gasteiger partial charge in [0.05, 0.1) is 11.6 Å². The summed E-state index contributed by atoms with van der Waals surface area (Å²) in [5, 5.41) is 3.87. The van der Waals surface area contributed by atoms with E-state index in [1.807, 2.05) is 44.2 Å². The molecule has 2 aromatic rings. The van der Waals surface area contributed by atoms with Crippen LogP contribution in [-0.2, 0) is 6.54 Å². The van der Waals surface area contributed by atoms with Crippen molar-refractivity contribution in [3.8, 4) is 17.4 Å². The van der Waals surface area contributed by atoms with Gasteiger partial charge in [-0.1, -0.05) is 24.6 Å². The van der Waals surface area contributed by atoms with Gasteiger partial charge in [-0.25, -0.2) is 4.98 Å². The van der Waals surface area contributed by atoms with E-state index in [0.717, 1.165) is 17.9 Å². The SMILES string of the molecule is CCNCc1cc(Oc2cccc(OCC)c2)ncc1Cl. The van der Waals surface area contributed by atoms with Crippen LogP contribution in [0.4, 0.5) is 0 Å². The van der Waals surface area contributed by atoms with E-state index in [-0.39, 0.29) is 0 Å². The molecule has 0 aliphatic heterocycles. The molecule has 0 spiro atoms. The lowest BCUT2D eigenvalue weighted by atomic mass is 10.2. The predicted octanol–water partition coefficient (Wildman–Crippen LogP) is 4.04. The van der Waals surface area contributed by atoms with Gasteiger partial charge in [-0.3, -0.25) is 0 Å². The zero-order chi connectivity index (χ0) is 15.1. The first-order chi connectivity index (χ1) is 10.2. The first kappa shape index (κ1) is 15.6. The van der Waals surface area contributed by atoms with Gasteiger partial charge in [0.2, 0.25) is 5.88 Å². The number of ether oxygens (including phenoxy) is 2. The number of nitrogens with one attached hydrogen (secondary N) is 1. The van der Waals surface area contributed by atoms with Crippen LogP contribution in [0.3, 0.4) is 0 Å². The van der Waals surface area contributed by atoms with Crippen LogP contribution in [0.25, 0.3) is 0 Å². The van der Waals surface area contributed by atoms with Crippen LogP contribution < -0.4 is 14.8 Å². The Bertz CT molecular complexity index is 590. The highest BCUT2D eigenvalue weighted by Gasteiger charge is 2.06. The molecule has 21 heavy (non-hydrogen) atoms. The summed E-state index contributed by atoms with van der Waals surface area (Å²) in [7, 11) is 0. The van der Waals surface area contributed by atoms with Crippen molar-refractivity contribution >= 4 is 11.6 Å². The van der Waals surface area contributed by atoms with E-state index >= 15 is 0 Å². The molecule has 4 nitrogen and oxygen atoms in total. The molecular formula is C16H19ClN2O2. The Hall–Kier alpha value is -1.78. The summed E-state index contributed by atoms with van der Waals surface area (Å²) < 4.78 is 11.2. The molecule has 1 aromatic carbocycles. The summed E-state index contributed by atoms with van der Waals surface area (Å²) in [6.07, 6.45) is 1.61. The van der Waals surface area contributed by atoms with Crippen LogP contribution in [0.2, 0.25) is 5.02 Å². The summed E-state index contributed by atoms with van der Waals surface area (Å²) in [6, 6.07) is 9.32. The molecular weight excluding hydrogens is 288 g/mol. The Balaban J connectivity index is 2.13. The standard InChI is InChI=1S/C16H19ClN2O2/c1-3-18-10-12-8-16(19-11-15(12)17)21-14-7-5-6-13(9-14)20-4-2/h5-9,11,18H,3-4,10H2,1-2H3. The van der Waals surface area contributed by atoms with Crippen LogP contribution in [0.5, 0.6) is 17.4 Å². The molecule has 1 N–H and O–H groups in total. The number of hydrogen-bond donors (Lipinski definition) is 1. The van der Waals surface area contributed by atoms with Crippen LogP contribution in [0, 0.1) is 0 Å². The Kier molecular flexibility index (Phi) is 5.84. The number of nitrogens with zero attached hydrogens (tertiary/aromatic N) is 1. The fourth-order valence-electron chi connectivity index (χ4n) is 1.82. The van der Waals surface area contributed by atoms with E-state index in [2.05, 4.69) is 10.3 Å². The molecule has 2 rings (SSSR count). The smallest absolute Gasteiger partial charge is 0.219 e.